The van der Waals surface area contributed by atoms with Crippen LogP contribution < -0.4 is 0 Å². The molecule has 0 aromatic rings. The van der Waals surface area contributed by atoms with Gasteiger partial charge in [0.1, 0.15) is 0 Å². The normalized spacial score (nSPS) is 40.7. The SMILES string of the molecule is CC(C)CCC[C@H](C)[C@@H]1CC[C@@H]2[C@H]3CC=C4C[C@H](O[Si](C)(C)C(C)(C)C)CC[C@@]4(C)[C@@H]3CC[C@]21C. The van der Waals surface area contributed by atoms with Gasteiger partial charge in [-0.05, 0) is 116 Å². The summed E-state index contributed by atoms with van der Waals surface area (Å²) in [5.74, 6) is 5.56. The molecule has 4 aliphatic carbocycles. The Morgan fingerprint density at radius 1 is 0.971 bits per heavy atom. The van der Waals surface area contributed by atoms with Crippen molar-refractivity contribution in [3.05, 3.63) is 11.6 Å². The summed E-state index contributed by atoms with van der Waals surface area (Å²) in [6, 6.07) is 0. The van der Waals surface area contributed by atoms with Crippen molar-refractivity contribution in [2.75, 3.05) is 0 Å². The van der Waals surface area contributed by atoms with Crippen LogP contribution in [0.2, 0.25) is 18.1 Å². The Morgan fingerprint density at radius 3 is 2.34 bits per heavy atom. The van der Waals surface area contributed by atoms with Gasteiger partial charge in [-0.25, -0.2) is 0 Å². The molecule has 2 heteroatoms. The van der Waals surface area contributed by atoms with Gasteiger partial charge in [-0.15, -0.1) is 0 Å². The van der Waals surface area contributed by atoms with E-state index in [1.165, 1.54) is 70.6 Å². The lowest BCUT2D eigenvalue weighted by Crippen LogP contribution is -2.52. The van der Waals surface area contributed by atoms with Crippen LogP contribution in [0.5, 0.6) is 0 Å². The molecule has 0 bridgehead atoms. The molecule has 0 aliphatic heterocycles. The summed E-state index contributed by atoms with van der Waals surface area (Å²) in [7, 11) is -1.70. The van der Waals surface area contributed by atoms with Crippen LogP contribution in [-0.2, 0) is 4.43 Å². The van der Waals surface area contributed by atoms with Crippen molar-refractivity contribution in [3.63, 3.8) is 0 Å². The second-order valence-electron chi connectivity index (χ2n) is 16.0. The van der Waals surface area contributed by atoms with Crippen LogP contribution in [-0.4, -0.2) is 14.4 Å². The molecule has 8 atom stereocenters. The third-order valence-corrected chi connectivity index (χ3v) is 17.1. The van der Waals surface area contributed by atoms with Crippen LogP contribution in [0, 0.1) is 46.3 Å². The first kappa shape index (κ1) is 27.9. The van der Waals surface area contributed by atoms with Gasteiger partial charge in [-0.2, -0.15) is 0 Å². The first-order valence-electron chi connectivity index (χ1n) is 15.6. The van der Waals surface area contributed by atoms with E-state index >= 15 is 0 Å². The zero-order chi connectivity index (χ0) is 25.8. The van der Waals surface area contributed by atoms with Gasteiger partial charge < -0.3 is 4.43 Å². The molecule has 202 valence electrons. The van der Waals surface area contributed by atoms with Crippen molar-refractivity contribution in [2.45, 2.75) is 150 Å². The van der Waals surface area contributed by atoms with Gasteiger partial charge in [-0.1, -0.05) is 86.3 Å². The maximum Gasteiger partial charge on any atom is 0.192 e. The molecule has 1 nitrogen and oxygen atoms in total. The predicted octanol–water partition coefficient (Wildman–Crippen LogP) is 10.4. The first-order chi connectivity index (χ1) is 16.2. The second kappa shape index (κ2) is 9.90. The maximum absolute atomic E-state index is 6.94. The fourth-order valence-electron chi connectivity index (χ4n) is 9.35. The van der Waals surface area contributed by atoms with E-state index in [2.05, 4.69) is 74.6 Å². The molecule has 0 unspecified atom stereocenters. The smallest absolute Gasteiger partial charge is 0.192 e. The molecule has 0 saturated heterocycles. The molecule has 4 aliphatic rings. The van der Waals surface area contributed by atoms with Gasteiger partial charge in [0.05, 0.1) is 0 Å². The quantitative estimate of drug-likeness (QED) is 0.249. The Labute approximate surface area is 220 Å². The minimum absolute atomic E-state index is 0.304. The summed E-state index contributed by atoms with van der Waals surface area (Å²) in [5, 5.41) is 0.304. The maximum atomic E-state index is 6.94. The molecule has 3 saturated carbocycles. The molecule has 0 heterocycles. The van der Waals surface area contributed by atoms with Crippen LogP contribution in [0.4, 0.5) is 0 Å². The minimum Gasteiger partial charge on any atom is -0.414 e. The van der Waals surface area contributed by atoms with E-state index in [0.29, 0.717) is 22.0 Å². The second-order valence-corrected chi connectivity index (χ2v) is 20.8. The van der Waals surface area contributed by atoms with Crippen molar-refractivity contribution in [1.82, 2.24) is 0 Å². The number of hydrogen-bond donors (Lipinski definition) is 0. The number of hydrogen-bond acceptors (Lipinski definition) is 1. The molecule has 0 N–H and O–H groups in total. The topological polar surface area (TPSA) is 9.23 Å². The van der Waals surface area contributed by atoms with Crippen molar-refractivity contribution in [3.8, 4) is 0 Å². The summed E-state index contributed by atoms with van der Waals surface area (Å²) in [4.78, 5) is 0. The minimum atomic E-state index is -1.70. The Bertz CT molecular complexity index is 774. The highest BCUT2D eigenvalue weighted by Crippen LogP contribution is 2.67. The summed E-state index contributed by atoms with van der Waals surface area (Å²) >= 11 is 0. The summed E-state index contributed by atoms with van der Waals surface area (Å²) in [6.07, 6.45) is 18.7. The fraction of sp³-hybridized carbons (Fsp3) is 0.939. The van der Waals surface area contributed by atoms with Gasteiger partial charge in [-0.3, -0.25) is 0 Å². The Hall–Kier alpha value is -0.0831. The Morgan fingerprint density at radius 2 is 1.69 bits per heavy atom. The number of fused-ring (bicyclic) bond motifs is 5. The van der Waals surface area contributed by atoms with E-state index in [0.717, 1.165) is 35.5 Å². The Balaban J connectivity index is 1.45. The van der Waals surface area contributed by atoms with Crippen LogP contribution in [0.25, 0.3) is 0 Å². The molecular formula is C33H60OSi. The summed E-state index contributed by atoms with van der Waals surface area (Å²) < 4.78 is 6.94. The monoisotopic (exact) mass is 500 g/mol. The highest BCUT2D eigenvalue weighted by atomic mass is 28.4. The van der Waals surface area contributed by atoms with Gasteiger partial charge in [0, 0.05) is 6.10 Å². The molecule has 3 fully saturated rings. The summed E-state index contributed by atoms with van der Waals surface area (Å²) in [5.41, 5.74) is 2.83. The van der Waals surface area contributed by atoms with Gasteiger partial charge >= 0.3 is 0 Å². The highest BCUT2D eigenvalue weighted by molar-refractivity contribution is 6.74. The molecule has 0 spiro atoms. The zero-order valence-corrected chi connectivity index (χ0v) is 26.3. The lowest BCUT2D eigenvalue weighted by atomic mass is 9.47. The van der Waals surface area contributed by atoms with Crippen LogP contribution in [0.3, 0.4) is 0 Å². The van der Waals surface area contributed by atoms with E-state index in [9.17, 15) is 0 Å². The third kappa shape index (κ3) is 5.15. The molecule has 35 heavy (non-hydrogen) atoms. The Kier molecular flexibility index (Phi) is 7.91. The van der Waals surface area contributed by atoms with Crippen LogP contribution >= 0.6 is 0 Å². The van der Waals surface area contributed by atoms with Gasteiger partial charge in [0.25, 0.3) is 0 Å². The molecule has 0 aromatic heterocycles. The van der Waals surface area contributed by atoms with E-state index in [-0.39, 0.29) is 0 Å². The van der Waals surface area contributed by atoms with Gasteiger partial charge in [0.2, 0.25) is 0 Å². The zero-order valence-electron chi connectivity index (χ0n) is 25.3. The molecule has 0 aromatic carbocycles. The lowest BCUT2D eigenvalue weighted by molar-refractivity contribution is -0.0565. The average Bonchev–Trinajstić information content (AvgIpc) is 3.10. The third-order valence-electron chi connectivity index (χ3n) is 12.5. The molecule has 0 radical (unpaired) electrons. The largest absolute Gasteiger partial charge is 0.414 e. The molecule has 0 amide bonds. The van der Waals surface area contributed by atoms with Crippen molar-refractivity contribution in [1.29, 1.82) is 0 Å². The van der Waals surface area contributed by atoms with Gasteiger partial charge in [0.15, 0.2) is 8.32 Å². The number of allylic oxidation sites excluding steroid dienone is 1. The summed E-state index contributed by atoms with van der Waals surface area (Å²) in [6.45, 7) is 24.8. The molecular weight excluding hydrogens is 440 g/mol. The number of rotatable bonds is 7. The standard InChI is InChI=1S/C33H60OSi/c1-23(2)12-11-13-24(3)28-16-17-29-27-15-14-25-22-26(34-35(9,10)31(4,5)6)18-20-32(25,7)30(27)19-21-33(28,29)8/h14,23-24,26-30H,11-13,15-22H2,1-10H3/t24-,26+,27+,28-,29+,30+,32+,33-/m0/s1. The van der Waals surface area contributed by atoms with Crippen molar-refractivity contribution in [2.24, 2.45) is 46.3 Å². The van der Waals surface area contributed by atoms with E-state index in [4.69, 9.17) is 4.43 Å². The first-order valence-corrected chi connectivity index (χ1v) is 18.5. The van der Waals surface area contributed by atoms with Crippen molar-refractivity contribution < 1.29 is 4.43 Å². The molecule has 4 rings (SSSR count). The van der Waals surface area contributed by atoms with Crippen LogP contribution in [0.1, 0.15) is 126 Å². The van der Waals surface area contributed by atoms with E-state index < -0.39 is 8.32 Å². The van der Waals surface area contributed by atoms with Crippen molar-refractivity contribution >= 4 is 8.32 Å². The van der Waals surface area contributed by atoms with E-state index in [1.807, 2.05) is 0 Å². The lowest BCUT2D eigenvalue weighted by Gasteiger charge is -2.59. The average molecular weight is 501 g/mol. The van der Waals surface area contributed by atoms with Crippen LogP contribution in [0.15, 0.2) is 11.6 Å². The fourth-order valence-corrected chi connectivity index (χ4v) is 10.7. The predicted molar refractivity (Wildman–Crippen MR) is 155 cm³/mol. The highest BCUT2D eigenvalue weighted by Gasteiger charge is 2.59. The van der Waals surface area contributed by atoms with E-state index in [1.54, 1.807) is 5.57 Å².